The Labute approximate surface area is 151 Å². The first-order chi connectivity index (χ1) is 11.8. The summed E-state index contributed by atoms with van der Waals surface area (Å²) in [4.78, 5) is 0. The van der Waals surface area contributed by atoms with Gasteiger partial charge in [-0.15, -0.1) is 0 Å². The lowest BCUT2D eigenvalue weighted by atomic mass is 9.78. The minimum absolute atomic E-state index is 0.388. The minimum atomic E-state index is -0.454. The Bertz CT molecular complexity index is 643. The van der Waals surface area contributed by atoms with Crippen molar-refractivity contribution in [2.45, 2.75) is 71.0 Å². The Morgan fingerprint density at radius 1 is 1.12 bits per heavy atom. The fourth-order valence-electron chi connectivity index (χ4n) is 3.45. The van der Waals surface area contributed by atoms with Gasteiger partial charge in [-0.1, -0.05) is 25.3 Å². The zero-order chi connectivity index (χ0) is 18.1. The van der Waals surface area contributed by atoms with Gasteiger partial charge >= 0.3 is 7.12 Å². The van der Waals surface area contributed by atoms with E-state index >= 15 is 0 Å². The van der Waals surface area contributed by atoms with Gasteiger partial charge in [-0.2, -0.15) is 5.26 Å². The van der Waals surface area contributed by atoms with E-state index < -0.39 is 7.12 Å². The maximum atomic E-state index is 9.52. The van der Waals surface area contributed by atoms with Crippen LogP contribution in [0.5, 0.6) is 5.75 Å². The summed E-state index contributed by atoms with van der Waals surface area (Å²) in [5.74, 6) is 1.27. The van der Waals surface area contributed by atoms with Crippen molar-refractivity contribution in [1.29, 1.82) is 5.26 Å². The Balaban J connectivity index is 1.71. The van der Waals surface area contributed by atoms with E-state index in [1.807, 2.05) is 45.9 Å². The van der Waals surface area contributed by atoms with Crippen LogP contribution in [0.2, 0.25) is 0 Å². The Kier molecular flexibility index (Phi) is 5.13. The molecule has 1 saturated carbocycles. The van der Waals surface area contributed by atoms with Crippen molar-refractivity contribution in [3.05, 3.63) is 23.8 Å². The van der Waals surface area contributed by atoms with Crippen LogP contribution in [-0.4, -0.2) is 24.9 Å². The lowest BCUT2D eigenvalue weighted by Gasteiger charge is -2.32. The first-order valence-electron chi connectivity index (χ1n) is 9.35. The molecule has 0 spiro atoms. The normalized spacial score (nSPS) is 22.6. The zero-order valence-corrected chi connectivity index (χ0v) is 15.8. The van der Waals surface area contributed by atoms with Crippen LogP contribution in [0.15, 0.2) is 18.2 Å². The summed E-state index contributed by atoms with van der Waals surface area (Å²) in [6, 6.07) is 7.90. The van der Waals surface area contributed by atoms with Crippen molar-refractivity contribution < 1.29 is 14.0 Å². The highest BCUT2D eigenvalue weighted by atomic mass is 16.7. The molecule has 0 N–H and O–H groups in total. The zero-order valence-electron chi connectivity index (χ0n) is 15.8. The quantitative estimate of drug-likeness (QED) is 0.782. The molecule has 1 aromatic rings. The second-order valence-electron chi connectivity index (χ2n) is 8.27. The van der Waals surface area contributed by atoms with Crippen molar-refractivity contribution >= 4 is 12.6 Å². The monoisotopic (exact) mass is 341 g/mol. The summed E-state index contributed by atoms with van der Waals surface area (Å²) in [6.45, 7) is 8.81. The minimum Gasteiger partial charge on any atom is -0.492 e. The summed E-state index contributed by atoms with van der Waals surface area (Å²) in [6.07, 6.45) is 6.38. The van der Waals surface area contributed by atoms with Crippen molar-refractivity contribution in [3.63, 3.8) is 0 Å². The van der Waals surface area contributed by atoms with Gasteiger partial charge in [0.1, 0.15) is 11.8 Å². The number of benzene rings is 1. The summed E-state index contributed by atoms with van der Waals surface area (Å²) in [7, 11) is -0.454. The van der Waals surface area contributed by atoms with Crippen LogP contribution in [0, 0.1) is 17.2 Å². The molecule has 5 heteroatoms. The fourth-order valence-corrected chi connectivity index (χ4v) is 3.45. The molecule has 4 nitrogen and oxygen atoms in total. The van der Waals surface area contributed by atoms with E-state index in [0.717, 1.165) is 5.46 Å². The molecule has 1 aliphatic heterocycles. The Morgan fingerprint density at radius 2 is 1.76 bits per heavy atom. The smallest absolute Gasteiger partial charge is 0.492 e. The highest BCUT2D eigenvalue weighted by molar-refractivity contribution is 6.62. The topological polar surface area (TPSA) is 51.5 Å². The number of hydrogen-bond acceptors (Lipinski definition) is 4. The molecule has 1 aliphatic carbocycles. The molecular weight excluding hydrogens is 313 g/mol. The summed E-state index contributed by atoms with van der Waals surface area (Å²) < 4.78 is 18.1. The second kappa shape index (κ2) is 7.01. The molecule has 2 aliphatic rings. The molecule has 0 amide bonds. The molecule has 0 bridgehead atoms. The predicted octanol–water partition coefficient (Wildman–Crippen LogP) is 3.82. The lowest BCUT2D eigenvalue weighted by Crippen LogP contribution is -2.41. The van der Waals surface area contributed by atoms with Gasteiger partial charge in [0.05, 0.1) is 23.4 Å². The largest absolute Gasteiger partial charge is 0.494 e. The third kappa shape index (κ3) is 3.86. The van der Waals surface area contributed by atoms with Gasteiger partial charge in [-0.25, -0.2) is 0 Å². The maximum Gasteiger partial charge on any atom is 0.494 e. The molecule has 0 atom stereocenters. The van der Waals surface area contributed by atoms with Crippen LogP contribution >= 0.6 is 0 Å². The number of nitriles is 1. The van der Waals surface area contributed by atoms with Crippen LogP contribution in [0.4, 0.5) is 0 Å². The number of hydrogen-bond donors (Lipinski definition) is 0. The van der Waals surface area contributed by atoms with Crippen molar-refractivity contribution in [2.75, 3.05) is 6.61 Å². The predicted molar refractivity (Wildman–Crippen MR) is 98.9 cm³/mol. The van der Waals surface area contributed by atoms with Crippen LogP contribution in [0.25, 0.3) is 0 Å². The van der Waals surface area contributed by atoms with Gasteiger partial charge in [-0.3, -0.25) is 0 Å². The van der Waals surface area contributed by atoms with Gasteiger partial charge in [0, 0.05) is 0 Å². The average Bonchev–Trinajstić information content (AvgIpc) is 2.81. The SMILES string of the molecule is CC1(C)OB(c2ccc(OCC3CCCCC3)c(C#N)c2)OC1(C)C. The number of rotatable bonds is 4. The van der Waals surface area contributed by atoms with Crippen molar-refractivity contribution in [1.82, 2.24) is 0 Å². The average molecular weight is 341 g/mol. The van der Waals surface area contributed by atoms with E-state index in [9.17, 15) is 5.26 Å². The first kappa shape index (κ1) is 18.3. The molecule has 134 valence electrons. The Morgan fingerprint density at radius 3 is 2.36 bits per heavy atom. The van der Waals surface area contributed by atoms with Crippen molar-refractivity contribution in [3.8, 4) is 11.8 Å². The molecule has 25 heavy (non-hydrogen) atoms. The summed E-state index contributed by atoms with van der Waals surface area (Å²) in [5, 5.41) is 9.52. The van der Waals surface area contributed by atoms with Gasteiger partial charge in [-0.05, 0) is 64.1 Å². The van der Waals surface area contributed by atoms with E-state index in [-0.39, 0.29) is 11.2 Å². The highest BCUT2D eigenvalue weighted by Gasteiger charge is 2.51. The molecule has 0 unspecified atom stereocenters. The van der Waals surface area contributed by atoms with Gasteiger partial charge in [0.2, 0.25) is 0 Å². The molecule has 0 radical (unpaired) electrons. The highest BCUT2D eigenvalue weighted by Crippen LogP contribution is 2.36. The van der Waals surface area contributed by atoms with Gasteiger partial charge in [0.15, 0.2) is 0 Å². The fraction of sp³-hybridized carbons (Fsp3) is 0.650. The molecule has 3 rings (SSSR count). The molecule has 0 aromatic heterocycles. The van der Waals surface area contributed by atoms with Gasteiger partial charge in [0.25, 0.3) is 0 Å². The molecule has 1 aromatic carbocycles. The first-order valence-corrected chi connectivity index (χ1v) is 9.35. The van der Waals surface area contributed by atoms with E-state index in [0.29, 0.717) is 23.8 Å². The van der Waals surface area contributed by atoms with E-state index in [1.165, 1.54) is 32.1 Å². The van der Waals surface area contributed by atoms with E-state index in [2.05, 4.69) is 6.07 Å². The molecule has 1 heterocycles. The maximum absolute atomic E-state index is 9.52. The third-order valence-electron chi connectivity index (χ3n) is 5.85. The molecule has 1 saturated heterocycles. The summed E-state index contributed by atoms with van der Waals surface area (Å²) in [5.41, 5.74) is 0.629. The van der Waals surface area contributed by atoms with Crippen LogP contribution < -0.4 is 10.2 Å². The summed E-state index contributed by atoms with van der Waals surface area (Å²) >= 11 is 0. The van der Waals surface area contributed by atoms with Crippen LogP contribution in [-0.2, 0) is 9.31 Å². The molecule has 2 fully saturated rings. The van der Waals surface area contributed by atoms with Gasteiger partial charge < -0.3 is 14.0 Å². The van der Waals surface area contributed by atoms with Crippen LogP contribution in [0.3, 0.4) is 0 Å². The van der Waals surface area contributed by atoms with Crippen molar-refractivity contribution in [2.24, 2.45) is 5.92 Å². The third-order valence-corrected chi connectivity index (χ3v) is 5.85. The van der Waals surface area contributed by atoms with E-state index in [4.69, 9.17) is 14.0 Å². The standard InChI is InChI=1S/C20H28BNO3/c1-19(2)20(3,4)25-21(24-19)17-10-11-18(16(12-17)13-22)23-14-15-8-6-5-7-9-15/h10-12,15H,5-9,14H2,1-4H3. The number of ether oxygens (including phenoxy) is 1. The Hall–Kier alpha value is -1.51. The van der Waals surface area contributed by atoms with E-state index in [1.54, 1.807) is 0 Å². The second-order valence-corrected chi connectivity index (χ2v) is 8.27. The lowest BCUT2D eigenvalue weighted by molar-refractivity contribution is 0.00578. The molecular formula is C20H28BNO3. The number of nitrogens with zero attached hydrogens (tertiary/aromatic N) is 1. The van der Waals surface area contributed by atoms with Crippen LogP contribution in [0.1, 0.15) is 65.4 Å².